The standard InChI is InChI=1S/C21H29NOSi/c1-17(19-13-9-6-10-14-19)22-21(23)16-20(24(2,3)4)15-18-11-7-5-8-12-18/h5-14,17,20H,15-16H2,1-4H3,(H,22,23)/t17-,20+/m0/s1. The Balaban J connectivity index is 2.00. The summed E-state index contributed by atoms with van der Waals surface area (Å²) in [5.41, 5.74) is 2.93. The third-order valence-corrected chi connectivity index (χ3v) is 7.52. The average Bonchev–Trinajstić information content (AvgIpc) is 2.55. The summed E-state index contributed by atoms with van der Waals surface area (Å²) in [6.07, 6.45) is 1.60. The van der Waals surface area contributed by atoms with Gasteiger partial charge in [-0.3, -0.25) is 4.79 Å². The Kier molecular flexibility index (Phi) is 6.38. The van der Waals surface area contributed by atoms with Gasteiger partial charge < -0.3 is 5.32 Å². The molecule has 2 atom stereocenters. The molecule has 0 aromatic heterocycles. The van der Waals surface area contributed by atoms with E-state index in [0.717, 1.165) is 12.0 Å². The number of rotatable bonds is 7. The van der Waals surface area contributed by atoms with Gasteiger partial charge in [-0.25, -0.2) is 0 Å². The van der Waals surface area contributed by atoms with E-state index in [1.807, 2.05) is 31.2 Å². The maximum atomic E-state index is 12.6. The van der Waals surface area contributed by atoms with Gasteiger partial charge in [0.05, 0.1) is 6.04 Å². The maximum absolute atomic E-state index is 12.6. The number of hydrogen-bond donors (Lipinski definition) is 1. The van der Waals surface area contributed by atoms with Gasteiger partial charge in [0.1, 0.15) is 0 Å². The zero-order valence-electron chi connectivity index (χ0n) is 15.3. The minimum atomic E-state index is -1.42. The molecule has 0 aliphatic rings. The van der Waals surface area contributed by atoms with Gasteiger partial charge in [0.2, 0.25) is 5.91 Å². The van der Waals surface area contributed by atoms with Crippen LogP contribution in [0.25, 0.3) is 0 Å². The van der Waals surface area contributed by atoms with Crippen LogP contribution in [0.3, 0.4) is 0 Å². The molecule has 0 radical (unpaired) electrons. The molecule has 0 saturated heterocycles. The van der Waals surface area contributed by atoms with Crippen LogP contribution < -0.4 is 5.32 Å². The van der Waals surface area contributed by atoms with E-state index in [0.29, 0.717) is 12.0 Å². The number of hydrogen-bond acceptors (Lipinski definition) is 1. The van der Waals surface area contributed by atoms with E-state index in [4.69, 9.17) is 0 Å². The second-order valence-electron chi connectivity index (χ2n) is 7.66. The van der Waals surface area contributed by atoms with Crippen molar-refractivity contribution in [2.45, 2.75) is 51.0 Å². The molecule has 0 spiro atoms. The molecule has 1 amide bonds. The van der Waals surface area contributed by atoms with Gasteiger partial charge in [-0.2, -0.15) is 0 Å². The number of nitrogens with one attached hydrogen (secondary N) is 1. The Bertz CT molecular complexity index is 634. The SMILES string of the molecule is C[C@H](NC(=O)C[C@@H](Cc1ccccc1)[Si](C)(C)C)c1ccccc1. The maximum Gasteiger partial charge on any atom is 0.220 e. The third kappa shape index (κ3) is 5.64. The summed E-state index contributed by atoms with van der Waals surface area (Å²) < 4.78 is 0. The highest BCUT2D eigenvalue weighted by atomic mass is 28.3. The van der Waals surface area contributed by atoms with Gasteiger partial charge in [0, 0.05) is 14.5 Å². The number of benzene rings is 2. The lowest BCUT2D eigenvalue weighted by Crippen LogP contribution is -2.35. The van der Waals surface area contributed by atoms with Crippen molar-refractivity contribution < 1.29 is 4.79 Å². The highest BCUT2D eigenvalue weighted by molar-refractivity contribution is 6.77. The van der Waals surface area contributed by atoms with Gasteiger partial charge in [-0.15, -0.1) is 0 Å². The summed E-state index contributed by atoms with van der Waals surface area (Å²) in [7, 11) is -1.42. The van der Waals surface area contributed by atoms with Crippen LogP contribution in [0.4, 0.5) is 0 Å². The molecule has 0 fully saturated rings. The Labute approximate surface area is 147 Å². The lowest BCUT2D eigenvalue weighted by Gasteiger charge is -2.29. The molecular formula is C21H29NOSi. The molecule has 0 unspecified atom stereocenters. The molecule has 0 aliphatic carbocycles. The predicted molar refractivity (Wildman–Crippen MR) is 105 cm³/mol. The summed E-state index contributed by atoms with van der Waals surface area (Å²) in [4.78, 5) is 12.6. The molecule has 0 aliphatic heterocycles. The van der Waals surface area contributed by atoms with Crippen LogP contribution in [0.1, 0.15) is 30.5 Å². The van der Waals surface area contributed by atoms with E-state index in [9.17, 15) is 4.79 Å². The fraction of sp³-hybridized carbons (Fsp3) is 0.381. The summed E-state index contributed by atoms with van der Waals surface area (Å²) in [6, 6.07) is 20.7. The fourth-order valence-corrected chi connectivity index (χ4v) is 4.58. The average molecular weight is 340 g/mol. The fourth-order valence-electron chi connectivity index (χ4n) is 2.93. The van der Waals surface area contributed by atoms with Crippen LogP contribution in [-0.4, -0.2) is 14.0 Å². The monoisotopic (exact) mass is 339 g/mol. The topological polar surface area (TPSA) is 29.1 Å². The molecule has 1 N–H and O–H groups in total. The van der Waals surface area contributed by atoms with Crippen molar-refractivity contribution in [3.8, 4) is 0 Å². The van der Waals surface area contributed by atoms with Crippen LogP contribution in [0.2, 0.25) is 25.2 Å². The van der Waals surface area contributed by atoms with Crippen molar-refractivity contribution in [3.63, 3.8) is 0 Å². The largest absolute Gasteiger partial charge is 0.350 e. The zero-order valence-corrected chi connectivity index (χ0v) is 16.3. The zero-order chi connectivity index (χ0) is 17.6. The van der Waals surface area contributed by atoms with Crippen molar-refractivity contribution in [1.82, 2.24) is 5.32 Å². The molecule has 24 heavy (non-hydrogen) atoms. The molecule has 2 aromatic rings. The third-order valence-electron chi connectivity index (χ3n) is 4.66. The van der Waals surface area contributed by atoms with Crippen molar-refractivity contribution in [2.24, 2.45) is 0 Å². The second kappa shape index (κ2) is 8.29. The quantitative estimate of drug-likeness (QED) is 0.690. The molecule has 0 heterocycles. The van der Waals surface area contributed by atoms with Crippen molar-refractivity contribution in [3.05, 3.63) is 71.8 Å². The second-order valence-corrected chi connectivity index (χ2v) is 13.2. The van der Waals surface area contributed by atoms with Crippen LogP contribution in [-0.2, 0) is 11.2 Å². The lowest BCUT2D eigenvalue weighted by atomic mass is 10.1. The Morgan fingerprint density at radius 2 is 1.50 bits per heavy atom. The minimum absolute atomic E-state index is 0.0534. The van der Waals surface area contributed by atoms with E-state index < -0.39 is 8.07 Å². The lowest BCUT2D eigenvalue weighted by molar-refractivity contribution is -0.121. The Morgan fingerprint density at radius 3 is 2.04 bits per heavy atom. The van der Waals surface area contributed by atoms with Crippen molar-refractivity contribution in [2.75, 3.05) is 0 Å². The van der Waals surface area contributed by atoms with Crippen LogP contribution in [0, 0.1) is 0 Å². The molecule has 2 aromatic carbocycles. The van der Waals surface area contributed by atoms with E-state index in [-0.39, 0.29) is 11.9 Å². The van der Waals surface area contributed by atoms with E-state index in [2.05, 4.69) is 61.4 Å². The first-order valence-corrected chi connectivity index (χ1v) is 12.3. The van der Waals surface area contributed by atoms with Crippen LogP contribution >= 0.6 is 0 Å². The first kappa shape index (κ1) is 18.5. The number of carbonyl (C=O) groups is 1. The first-order valence-electron chi connectivity index (χ1n) is 8.74. The highest BCUT2D eigenvalue weighted by Crippen LogP contribution is 2.30. The first-order chi connectivity index (χ1) is 11.4. The summed E-state index contributed by atoms with van der Waals surface area (Å²) in [5.74, 6) is 0.162. The molecular weight excluding hydrogens is 310 g/mol. The molecule has 0 saturated carbocycles. The van der Waals surface area contributed by atoms with Crippen LogP contribution in [0.15, 0.2) is 60.7 Å². The van der Waals surface area contributed by atoms with Crippen molar-refractivity contribution in [1.29, 1.82) is 0 Å². The molecule has 3 heteroatoms. The highest BCUT2D eigenvalue weighted by Gasteiger charge is 2.29. The van der Waals surface area contributed by atoms with Gasteiger partial charge >= 0.3 is 0 Å². The number of carbonyl (C=O) groups excluding carboxylic acids is 1. The van der Waals surface area contributed by atoms with Gasteiger partial charge in [-0.1, -0.05) is 80.3 Å². The predicted octanol–water partition coefficient (Wildman–Crippen LogP) is 5.21. The van der Waals surface area contributed by atoms with E-state index in [1.165, 1.54) is 5.56 Å². The molecule has 128 valence electrons. The van der Waals surface area contributed by atoms with E-state index >= 15 is 0 Å². The van der Waals surface area contributed by atoms with Crippen LogP contribution in [0.5, 0.6) is 0 Å². The van der Waals surface area contributed by atoms with Gasteiger partial charge in [-0.05, 0) is 30.0 Å². The number of amides is 1. The summed E-state index contributed by atoms with van der Waals surface area (Å²) in [6.45, 7) is 9.12. The van der Waals surface area contributed by atoms with Gasteiger partial charge in [0.25, 0.3) is 0 Å². The van der Waals surface area contributed by atoms with E-state index in [1.54, 1.807) is 0 Å². The van der Waals surface area contributed by atoms with Gasteiger partial charge in [0.15, 0.2) is 0 Å². The normalized spacial score (nSPS) is 14.0. The molecule has 0 bridgehead atoms. The minimum Gasteiger partial charge on any atom is -0.350 e. The summed E-state index contributed by atoms with van der Waals surface area (Å²) in [5, 5.41) is 3.17. The summed E-state index contributed by atoms with van der Waals surface area (Å²) >= 11 is 0. The molecule has 2 nitrogen and oxygen atoms in total. The Morgan fingerprint density at radius 1 is 0.958 bits per heavy atom. The van der Waals surface area contributed by atoms with Crippen molar-refractivity contribution >= 4 is 14.0 Å². The Hall–Kier alpha value is -1.87. The molecule has 2 rings (SSSR count). The smallest absolute Gasteiger partial charge is 0.220 e.